The SMILES string of the molecule is CC12C3CCCC1CC2C3. The van der Waals surface area contributed by atoms with E-state index in [0.29, 0.717) is 0 Å². The van der Waals surface area contributed by atoms with Gasteiger partial charge in [-0.15, -0.1) is 0 Å². The Hall–Kier alpha value is 0. The van der Waals surface area contributed by atoms with Gasteiger partial charge in [-0.3, -0.25) is 0 Å². The zero-order valence-corrected chi connectivity index (χ0v) is 6.77. The van der Waals surface area contributed by atoms with E-state index in [9.17, 15) is 0 Å². The zero-order chi connectivity index (χ0) is 6.77. The van der Waals surface area contributed by atoms with Gasteiger partial charge in [-0.05, 0) is 48.9 Å². The fourth-order valence-corrected chi connectivity index (χ4v) is 3.95. The Morgan fingerprint density at radius 1 is 1.00 bits per heavy atom. The summed E-state index contributed by atoms with van der Waals surface area (Å²) in [6, 6.07) is 0. The van der Waals surface area contributed by atoms with Gasteiger partial charge in [0.2, 0.25) is 0 Å². The maximum absolute atomic E-state index is 2.55. The summed E-state index contributed by atoms with van der Waals surface area (Å²) >= 11 is 0. The molecule has 3 rings (SSSR count). The lowest BCUT2D eigenvalue weighted by Crippen LogP contribution is -2.62. The smallest absolute Gasteiger partial charge is 0.0241 e. The van der Waals surface area contributed by atoms with E-state index in [1.54, 1.807) is 25.7 Å². The molecule has 3 aliphatic rings. The quantitative estimate of drug-likeness (QED) is 0.480. The Balaban J connectivity index is 1.92. The fourth-order valence-electron chi connectivity index (χ4n) is 3.95. The van der Waals surface area contributed by atoms with Crippen LogP contribution in [0.4, 0.5) is 0 Å². The standard InChI is InChI=1S/C10H16/c1-10-7-3-2-4-8(10)6-9(10)5-7/h7-9H,2-6H2,1H3. The number of hydrogen-bond donors (Lipinski definition) is 0. The van der Waals surface area contributed by atoms with Gasteiger partial charge in [0.1, 0.15) is 0 Å². The Bertz CT molecular complexity index is 153. The molecule has 3 saturated carbocycles. The maximum atomic E-state index is 2.55. The Labute approximate surface area is 63.0 Å². The molecule has 0 amide bonds. The molecule has 0 N–H and O–H groups in total. The summed E-state index contributed by atoms with van der Waals surface area (Å²) in [5, 5.41) is 0. The van der Waals surface area contributed by atoms with Gasteiger partial charge in [-0.25, -0.2) is 0 Å². The normalized spacial score (nSPS) is 63.9. The third kappa shape index (κ3) is 0.383. The van der Waals surface area contributed by atoms with Crippen LogP contribution in [-0.4, -0.2) is 0 Å². The van der Waals surface area contributed by atoms with Crippen molar-refractivity contribution in [2.45, 2.75) is 39.0 Å². The van der Waals surface area contributed by atoms with Crippen molar-refractivity contribution in [1.29, 1.82) is 0 Å². The van der Waals surface area contributed by atoms with Gasteiger partial charge in [0, 0.05) is 0 Å². The second-order valence-electron chi connectivity index (χ2n) is 4.86. The third-order valence-corrected chi connectivity index (χ3v) is 4.88. The van der Waals surface area contributed by atoms with E-state index < -0.39 is 0 Å². The molecule has 3 fully saturated rings. The molecule has 0 aliphatic heterocycles. The minimum Gasteiger partial charge on any atom is -0.0588 e. The molecule has 2 atom stereocenters. The van der Waals surface area contributed by atoms with Crippen LogP contribution in [0.5, 0.6) is 0 Å². The largest absolute Gasteiger partial charge is 0.0588 e. The van der Waals surface area contributed by atoms with Gasteiger partial charge in [-0.2, -0.15) is 0 Å². The van der Waals surface area contributed by atoms with Crippen molar-refractivity contribution in [3.05, 3.63) is 0 Å². The summed E-state index contributed by atoms with van der Waals surface area (Å²) in [5.74, 6) is 3.48. The molecular formula is C10H16. The second kappa shape index (κ2) is 1.44. The maximum Gasteiger partial charge on any atom is -0.0241 e. The lowest BCUT2D eigenvalue weighted by Gasteiger charge is -2.70. The summed E-state index contributed by atoms with van der Waals surface area (Å²) < 4.78 is 0. The Morgan fingerprint density at radius 3 is 2.00 bits per heavy atom. The van der Waals surface area contributed by atoms with Crippen molar-refractivity contribution in [2.75, 3.05) is 0 Å². The summed E-state index contributed by atoms with van der Waals surface area (Å²) in [6.45, 7) is 2.55. The highest BCUT2D eigenvalue weighted by atomic mass is 14.7. The van der Waals surface area contributed by atoms with Gasteiger partial charge in [-0.1, -0.05) is 13.3 Å². The summed E-state index contributed by atoms with van der Waals surface area (Å²) in [7, 11) is 0. The molecule has 0 aromatic rings. The Morgan fingerprint density at radius 2 is 1.60 bits per heavy atom. The first-order chi connectivity index (χ1) is 4.82. The predicted molar refractivity (Wildman–Crippen MR) is 41.7 cm³/mol. The highest BCUT2D eigenvalue weighted by Gasteiger charge is 2.63. The fraction of sp³-hybridized carbons (Fsp3) is 1.00. The van der Waals surface area contributed by atoms with Crippen molar-refractivity contribution < 1.29 is 0 Å². The first kappa shape index (κ1) is 5.62. The van der Waals surface area contributed by atoms with Crippen LogP contribution in [0.15, 0.2) is 0 Å². The van der Waals surface area contributed by atoms with E-state index in [0.717, 1.165) is 17.3 Å². The Kier molecular flexibility index (Phi) is 0.810. The van der Waals surface area contributed by atoms with E-state index in [2.05, 4.69) is 6.92 Å². The molecule has 0 aromatic carbocycles. The molecule has 0 bridgehead atoms. The van der Waals surface area contributed by atoms with Gasteiger partial charge < -0.3 is 0 Å². The summed E-state index contributed by atoms with van der Waals surface area (Å²) in [4.78, 5) is 0. The van der Waals surface area contributed by atoms with Crippen LogP contribution >= 0.6 is 0 Å². The first-order valence-corrected chi connectivity index (χ1v) is 4.82. The number of rotatable bonds is 0. The van der Waals surface area contributed by atoms with Gasteiger partial charge in [0.05, 0.1) is 0 Å². The monoisotopic (exact) mass is 136 g/mol. The van der Waals surface area contributed by atoms with Crippen LogP contribution in [0.2, 0.25) is 0 Å². The van der Waals surface area contributed by atoms with E-state index >= 15 is 0 Å². The van der Waals surface area contributed by atoms with Crippen molar-refractivity contribution in [1.82, 2.24) is 0 Å². The lowest BCUT2D eigenvalue weighted by molar-refractivity contribution is -0.209. The van der Waals surface area contributed by atoms with Crippen LogP contribution in [0, 0.1) is 23.2 Å². The van der Waals surface area contributed by atoms with Crippen molar-refractivity contribution in [2.24, 2.45) is 23.2 Å². The van der Waals surface area contributed by atoms with Gasteiger partial charge >= 0.3 is 0 Å². The zero-order valence-electron chi connectivity index (χ0n) is 6.77. The third-order valence-electron chi connectivity index (χ3n) is 4.88. The van der Waals surface area contributed by atoms with E-state index in [-0.39, 0.29) is 0 Å². The van der Waals surface area contributed by atoms with Crippen molar-refractivity contribution in [3.63, 3.8) is 0 Å². The van der Waals surface area contributed by atoms with Crippen molar-refractivity contribution >= 4 is 0 Å². The summed E-state index contributed by atoms with van der Waals surface area (Å²) in [5.41, 5.74) is 0.873. The molecule has 0 saturated heterocycles. The minimum atomic E-state index is 0.873. The molecule has 0 nitrogen and oxygen atoms in total. The lowest BCUT2D eigenvalue weighted by atomic mass is 9.35. The van der Waals surface area contributed by atoms with Crippen LogP contribution in [0.1, 0.15) is 39.0 Å². The van der Waals surface area contributed by atoms with Crippen LogP contribution in [-0.2, 0) is 0 Å². The van der Waals surface area contributed by atoms with E-state index in [4.69, 9.17) is 0 Å². The summed E-state index contributed by atoms with van der Waals surface area (Å²) in [6.07, 6.45) is 7.84. The molecule has 10 heavy (non-hydrogen) atoms. The molecule has 0 spiro atoms. The van der Waals surface area contributed by atoms with Crippen LogP contribution < -0.4 is 0 Å². The predicted octanol–water partition coefficient (Wildman–Crippen LogP) is 2.83. The number of hydrogen-bond acceptors (Lipinski definition) is 0. The van der Waals surface area contributed by atoms with E-state index in [1.807, 2.05) is 0 Å². The second-order valence-corrected chi connectivity index (χ2v) is 4.86. The molecule has 56 valence electrons. The topological polar surface area (TPSA) is 0 Å². The highest BCUT2D eigenvalue weighted by molar-refractivity contribution is 5.12. The highest BCUT2D eigenvalue weighted by Crippen LogP contribution is 2.72. The van der Waals surface area contributed by atoms with Crippen LogP contribution in [0.25, 0.3) is 0 Å². The van der Waals surface area contributed by atoms with Crippen LogP contribution in [0.3, 0.4) is 0 Å². The molecular weight excluding hydrogens is 120 g/mol. The molecule has 3 aliphatic carbocycles. The first-order valence-electron chi connectivity index (χ1n) is 4.82. The van der Waals surface area contributed by atoms with Gasteiger partial charge in [0.25, 0.3) is 0 Å². The molecule has 0 aromatic heterocycles. The van der Waals surface area contributed by atoms with E-state index in [1.165, 1.54) is 12.3 Å². The van der Waals surface area contributed by atoms with Crippen molar-refractivity contribution in [3.8, 4) is 0 Å². The molecule has 0 heteroatoms. The minimum absolute atomic E-state index is 0.873. The average Bonchev–Trinajstić information content (AvgIpc) is 1.84. The average molecular weight is 136 g/mol. The molecule has 0 heterocycles. The van der Waals surface area contributed by atoms with Gasteiger partial charge in [0.15, 0.2) is 0 Å². The molecule has 0 radical (unpaired) electrons. The molecule has 2 unspecified atom stereocenters.